The van der Waals surface area contributed by atoms with Crippen LogP contribution in [0.25, 0.3) is 0 Å². The van der Waals surface area contributed by atoms with E-state index in [0.717, 1.165) is 19.5 Å². The Kier molecular flexibility index (Phi) is 4.17. The number of aromatic nitrogens is 1. The van der Waals surface area contributed by atoms with Gasteiger partial charge in [-0.25, -0.2) is 4.98 Å². The van der Waals surface area contributed by atoms with Crippen molar-refractivity contribution in [2.24, 2.45) is 5.92 Å². The predicted octanol–water partition coefficient (Wildman–Crippen LogP) is 2.54. The lowest BCUT2D eigenvalue weighted by molar-refractivity contribution is 0.0983. The zero-order valence-electron chi connectivity index (χ0n) is 11.5. The van der Waals surface area contributed by atoms with Crippen LogP contribution in [0.5, 0.6) is 0 Å². The predicted molar refractivity (Wildman–Crippen MR) is 69.6 cm³/mol. The molecule has 1 aliphatic heterocycles. The van der Waals surface area contributed by atoms with E-state index in [2.05, 4.69) is 23.7 Å². The van der Waals surface area contributed by atoms with E-state index in [0.29, 0.717) is 23.6 Å². The van der Waals surface area contributed by atoms with E-state index in [-0.39, 0.29) is 5.78 Å². The van der Waals surface area contributed by atoms with Gasteiger partial charge in [-0.05, 0) is 45.7 Å². The molecule has 1 fully saturated rings. The van der Waals surface area contributed by atoms with Gasteiger partial charge in [-0.1, -0.05) is 0 Å². The SMILES string of the molecule is CC(=O)c1cnc(CC2CCN(C(C)C)CC2)o1. The molecule has 0 spiro atoms. The van der Waals surface area contributed by atoms with Crippen LogP contribution < -0.4 is 0 Å². The van der Waals surface area contributed by atoms with Gasteiger partial charge in [0.15, 0.2) is 17.4 Å². The molecule has 0 N–H and O–H groups in total. The molecule has 0 saturated carbocycles. The average Bonchev–Trinajstić information content (AvgIpc) is 2.78. The summed E-state index contributed by atoms with van der Waals surface area (Å²) in [6, 6.07) is 0.636. The molecule has 1 saturated heterocycles. The van der Waals surface area contributed by atoms with Gasteiger partial charge < -0.3 is 9.32 Å². The van der Waals surface area contributed by atoms with E-state index in [1.165, 1.54) is 19.8 Å². The van der Waals surface area contributed by atoms with Crippen molar-refractivity contribution in [2.75, 3.05) is 13.1 Å². The molecule has 18 heavy (non-hydrogen) atoms. The fourth-order valence-corrected chi connectivity index (χ4v) is 2.49. The van der Waals surface area contributed by atoms with Gasteiger partial charge in [0.05, 0.1) is 6.20 Å². The third-order valence-corrected chi connectivity index (χ3v) is 3.74. The molecule has 1 aromatic rings. The number of piperidine rings is 1. The maximum atomic E-state index is 11.1. The molecular weight excluding hydrogens is 228 g/mol. The molecule has 4 heteroatoms. The van der Waals surface area contributed by atoms with E-state index in [1.54, 1.807) is 6.20 Å². The van der Waals surface area contributed by atoms with Crippen molar-refractivity contribution in [3.05, 3.63) is 17.8 Å². The second kappa shape index (κ2) is 5.65. The van der Waals surface area contributed by atoms with Gasteiger partial charge >= 0.3 is 0 Å². The fraction of sp³-hybridized carbons (Fsp3) is 0.714. The summed E-state index contributed by atoms with van der Waals surface area (Å²) in [6.07, 6.45) is 4.78. The second-order valence-corrected chi connectivity index (χ2v) is 5.45. The van der Waals surface area contributed by atoms with Gasteiger partial charge in [0.1, 0.15) is 0 Å². The summed E-state index contributed by atoms with van der Waals surface area (Å²) in [5.74, 6) is 1.68. The van der Waals surface area contributed by atoms with Gasteiger partial charge in [0, 0.05) is 19.4 Å². The first-order valence-electron chi connectivity index (χ1n) is 6.76. The highest BCUT2D eigenvalue weighted by Gasteiger charge is 2.22. The molecule has 2 heterocycles. The number of likely N-dealkylation sites (tertiary alicyclic amines) is 1. The van der Waals surface area contributed by atoms with Gasteiger partial charge in [0.2, 0.25) is 0 Å². The molecule has 2 rings (SSSR count). The Hall–Kier alpha value is -1.16. The third-order valence-electron chi connectivity index (χ3n) is 3.74. The van der Waals surface area contributed by atoms with Crippen molar-refractivity contribution in [2.45, 2.75) is 46.1 Å². The van der Waals surface area contributed by atoms with E-state index >= 15 is 0 Å². The molecule has 0 radical (unpaired) electrons. The minimum atomic E-state index is -0.0524. The molecule has 0 atom stereocenters. The topological polar surface area (TPSA) is 46.3 Å². The third kappa shape index (κ3) is 3.19. The Labute approximate surface area is 108 Å². The normalized spacial score (nSPS) is 18.4. The van der Waals surface area contributed by atoms with Crippen LogP contribution >= 0.6 is 0 Å². The van der Waals surface area contributed by atoms with Crippen LogP contribution in [0, 0.1) is 5.92 Å². The summed E-state index contributed by atoms with van der Waals surface area (Å²) in [5, 5.41) is 0. The maximum absolute atomic E-state index is 11.1. The highest BCUT2D eigenvalue weighted by molar-refractivity contribution is 5.90. The highest BCUT2D eigenvalue weighted by Crippen LogP contribution is 2.22. The van der Waals surface area contributed by atoms with Crippen molar-refractivity contribution in [3.63, 3.8) is 0 Å². The van der Waals surface area contributed by atoms with E-state index in [9.17, 15) is 4.79 Å². The average molecular weight is 250 g/mol. The maximum Gasteiger partial charge on any atom is 0.196 e. The summed E-state index contributed by atoms with van der Waals surface area (Å²) in [6.45, 7) is 8.30. The lowest BCUT2D eigenvalue weighted by atomic mass is 9.93. The standard InChI is InChI=1S/C14H22N2O2/c1-10(2)16-6-4-12(5-7-16)8-14-15-9-13(18-14)11(3)17/h9-10,12H,4-8H2,1-3H3. The van der Waals surface area contributed by atoms with Gasteiger partial charge in [0.25, 0.3) is 0 Å². The summed E-state index contributed by atoms with van der Waals surface area (Å²) < 4.78 is 5.45. The highest BCUT2D eigenvalue weighted by atomic mass is 16.4. The largest absolute Gasteiger partial charge is 0.438 e. The first-order valence-corrected chi connectivity index (χ1v) is 6.76. The molecule has 4 nitrogen and oxygen atoms in total. The Bertz CT molecular complexity index is 404. The van der Waals surface area contributed by atoms with Crippen LogP contribution in [0.4, 0.5) is 0 Å². The summed E-state index contributed by atoms with van der Waals surface area (Å²) in [5.41, 5.74) is 0. The van der Waals surface area contributed by atoms with Crippen LogP contribution in [0.3, 0.4) is 0 Å². The quantitative estimate of drug-likeness (QED) is 0.770. The van der Waals surface area contributed by atoms with Gasteiger partial charge in [-0.15, -0.1) is 0 Å². The van der Waals surface area contributed by atoms with Crippen LogP contribution in [0.2, 0.25) is 0 Å². The Morgan fingerprint density at radius 2 is 2.17 bits per heavy atom. The summed E-state index contributed by atoms with van der Waals surface area (Å²) >= 11 is 0. The van der Waals surface area contributed by atoms with Gasteiger partial charge in [-0.2, -0.15) is 0 Å². The molecule has 1 aliphatic rings. The van der Waals surface area contributed by atoms with Crippen LogP contribution in [0.1, 0.15) is 50.1 Å². The number of hydrogen-bond acceptors (Lipinski definition) is 4. The first-order chi connectivity index (χ1) is 8.56. The zero-order chi connectivity index (χ0) is 13.1. The number of rotatable bonds is 4. The Morgan fingerprint density at radius 1 is 1.50 bits per heavy atom. The van der Waals surface area contributed by atoms with E-state index in [4.69, 9.17) is 4.42 Å². The number of Topliss-reactive ketones (excluding diaryl/α,β-unsaturated/α-hetero) is 1. The lowest BCUT2D eigenvalue weighted by Crippen LogP contribution is -2.38. The minimum Gasteiger partial charge on any atom is -0.438 e. The molecule has 0 unspecified atom stereocenters. The smallest absolute Gasteiger partial charge is 0.196 e. The minimum absolute atomic E-state index is 0.0524. The molecule has 0 aromatic carbocycles. The van der Waals surface area contributed by atoms with Crippen LogP contribution in [0.15, 0.2) is 10.6 Å². The lowest BCUT2D eigenvalue weighted by Gasteiger charge is -2.34. The zero-order valence-corrected chi connectivity index (χ0v) is 11.5. The molecular formula is C14H22N2O2. The van der Waals surface area contributed by atoms with E-state index < -0.39 is 0 Å². The van der Waals surface area contributed by atoms with Crippen molar-refractivity contribution in [3.8, 4) is 0 Å². The Morgan fingerprint density at radius 3 is 2.67 bits per heavy atom. The Balaban J connectivity index is 1.85. The molecule has 0 aliphatic carbocycles. The van der Waals surface area contributed by atoms with E-state index in [1.807, 2.05) is 0 Å². The van der Waals surface area contributed by atoms with Crippen molar-refractivity contribution >= 4 is 5.78 Å². The van der Waals surface area contributed by atoms with Crippen molar-refractivity contribution in [1.29, 1.82) is 0 Å². The fourth-order valence-electron chi connectivity index (χ4n) is 2.49. The number of ketones is 1. The molecule has 0 bridgehead atoms. The van der Waals surface area contributed by atoms with Crippen molar-refractivity contribution < 1.29 is 9.21 Å². The monoisotopic (exact) mass is 250 g/mol. The number of nitrogens with zero attached hydrogens (tertiary/aromatic N) is 2. The summed E-state index contributed by atoms with van der Waals surface area (Å²) in [4.78, 5) is 17.8. The number of carbonyl (C=O) groups excluding carboxylic acids is 1. The first kappa shape index (κ1) is 13.3. The second-order valence-electron chi connectivity index (χ2n) is 5.45. The molecule has 100 valence electrons. The van der Waals surface area contributed by atoms with Crippen molar-refractivity contribution in [1.82, 2.24) is 9.88 Å². The molecule has 0 amide bonds. The molecule has 1 aromatic heterocycles. The number of oxazole rings is 1. The van der Waals surface area contributed by atoms with Crippen LogP contribution in [-0.4, -0.2) is 34.8 Å². The summed E-state index contributed by atoms with van der Waals surface area (Å²) in [7, 11) is 0. The van der Waals surface area contributed by atoms with Crippen LogP contribution in [-0.2, 0) is 6.42 Å². The number of hydrogen-bond donors (Lipinski definition) is 0. The van der Waals surface area contributed by atoms with Gasteiger partial charge in [-0.3, -0.25) is 4.79 Å². The number of carbonyl (C=O) groups is 1.